The Labute approximate surface area is 111 Å². The topological polar surface area (TPSA) is 72.0 Å². The Morgan fingerprint density at radius 3 is 2.53 bits per heavy atom. The van der Waals surface area contributed by atoms with Crippen LogP contribution < -0.4 is 4.72 Å². The van der Waals surface area contributed by atoms with Crippen molar-refractivity contribution in [2.24, 2.45) is 0 Å². The molecule has 2 heterocycles. The van der Waals surface area contributed by atoms with E-state index in [4.69, 9.17) is 0 Å². The zero-order chi connectivity index (χ0) is 12.5. The minimum Gasteiger partial charge on any atom is -0.247 e. The molecule has 0 aliphatic heterocycles. The van der Waals surface area contributed by atoms with Crippen molar-refractivity contribution in [3.8, 4) is 0 Å². The van der Waals surface area contributed by atoms with Gasteiger partial charge in [-0.05, 0) is 35.0 Å². The minimum absolute atomic E-state index is 0.0641. The molecule has 0 aliphatic carbocycles. The van der Waals surface area contributed by atoms with Crippen LogP contribution in [0.5, 0.6) is 0 Å². The third kappa shape index (κ3) is 2.82. The molecule has 90 valence electrons. The van der Waals surface area contributed by atoms with Gasteiger partial charge in [0.1, 0.15) is 4.90 Å². The fourth-order valence-electron chi connectivity index (χ4n) is 1.22. The average Bonchev–Trinajstić information content (AvgIpc) is 2.59. The molecular formula is C9H8BrN3O2S2. The first-order valence-electron chi connectivity index (χ1n) is 4.55. The van der Waals surface area contributed by atoms with E-state index in [1.54, 1.807) is 19.1 Å². The van der Waals surface area contributed by atoms with Crippen molar-refractivity contribution in [3.05, 3.63) is 33.2 Å². The SMILES string of the molecule is Cc1sc(Br)cc1S(=O)(=O)Nc1ncccn1. The van der Waals surface area contributed by atoms with Crippen molar-refractivity contribution in [3.63, 3.8) is 0 Å². The smallest absolute Gasteiger partial charge is 0.247 e. The molecular weight excluding hydrogens is 326 g/mol. The maximum absolute atomic E-state index is 12.0. The van der Waals surface area contributed by atoms with Gasteiger partial charge in [0, 0.05) is 17.3 Å². The summed E-state index contributed by atoms with van der Waals surface area (Å²) in [4.78, 5) is 8.58. The molecule has 0 saturated heterocycles. The monoisotopic (exact) mass is 333 g/mol. The van der Waals surface area contributed by atoms with Gasteiger partial charge in [0.15, 0.2) is 0 Å². The third-order valence-corrected chi connectivity index (χ3v) is 5.06. The highest BCUT2D eigenvalue weighted by Gasteiger charge is 2.20. The number of hydrogen-bond acceptors (Lipinski definition) is 5. The molecule has 2 aromatic heterocycles. The fraction of sp³-hybridized carbons (Fsp3) is 0.111. The Kier molecular flexibility index (Phi) is 3.45. The normalized spacial score (nSPS) is 11.4. The van der Waals surface area contributed by atoms with Gasteiger partial charge in [-0.15, -0.1) is 11.3 Å². The van der Waals surface area contributed by atoms with Crippen LogP contribution in [0.25, 0.3) is 0 Å². The van der Waals surface area contributed by atoms with Crippen LogP contribution in [0.1, 0.15) is 4.88 Å². The van der Waals surface area contributed by atoms with E-state index in [9.17, 15) is 8.42 Å². The lowest BCUT2D eigenvalue weighted by molar-refractivity contribution is 0.600. The molecule has 0 unspecified atom stereocenters. The molecule has 0 amide bonds. The van der Waals surface area contributed by atoms with Gasteiger partial charge in [0.2, 0.25) is 5.95 Å². The predicted molar refractivity (Wildman–Crippen MR) is 69.6 cm³/mol. The summed E-state index contributed by atoms with van der Waals surface area (Å²) in [6, 6.07) is 3.18. The number of halogens is 1. The van der Waals surface area contributed by atoms with E-state index in [-0.39, 0.29) is 10.8 Å². The quantitative estimate of drug-likeness (QED) is 0.936. The van der Waals surface area contributed by atoms with Gasteiger partial charge in [-0.3, -0.25) is 0 Å². The number of aromatic nitrogens is 2. The van der Waals surface area contributed by atoms with Gasteiger partial charge in [-0.1, -0.05) is 0 Å². The van der Waals surface area contributed by atoms with Crippen LogP contribution in [-0.2, 0) is 10.0 Å². The molecule has 0 aliphatic rings. The summed E-state index contributed by atoms with van der Waals surface area (Å²) in [7, 11) is -3.62. The van der Waals surface area contributed by atoms with Gasteiger partial charge in [-0.25, -0.2) is 23.1 Å². The molecule has 0 atom stereocenters. The zero-order valence-electron chi connectivity index (χ0n) is 8.71. The standard InChI is InChI=1S/C9H8BrN3O2S2/c1-6-7(5-8(10)16-6)17(14,15)13-9-11-3-2-4-12-9/h2-5H,1H3,(H,11,12,13). The van der Waals surface area contributed by atoms with Crippen molar-refractivity contribution >= 4 is 43.2 Å². The first kappa shape index (κ1) is 12.5. The second kappa shape index (κ2) is 4.71. The number of anilines is 1. The highest BCUT2D eigenvalue weighted by molar-refractivity contribution is 9.11. The van der Waals surface area contributed by atoms with Crippen LogP contribution in [0.4, 0.5) is 5.95 Å². The summed E-state index contributed by atoms with van der Waals surface area (Å²) in [5.74, 6) is 0.0641. The molecule has 0 saturated carbocycles. The molecule has 0 radical (unpaired) electrons. The van der Waals surface area contributed by atoms with Crippen molar-refractivity contribution < 1.29 is 8.42 Å². The molecule has 8 heteroatoms. The average molecular weight is 334 g/mol. The second-order valence-corrected chi connectivity index (χ2v) is 7.44. The number of hydrogen-bond donors (Lipinski definition) is 1. The number of aryl methyl sites for hydroxylation is 1. The predicted octanol–water partition coefficient (Wildman–Crippen LogP) is 2.41. The largest absolute Gasteiger partial charge is 0.265 e. The molecule has 17 heavy (non-hydrogen) atoms. The van der Waals surface area contributed by atoms with E-state index in [2.05, 4.69) is 30.6 Å². The molecule has 1 N–H and O–H groups in total. The minimum atomic E-state index is -3.62. The maximum atomic E-state index is 12.0. The summed E-state index contributed by atoms with van der Waals surface area (Å²) in [6.07, 6.45) is 2.95. The first-order valence-corrected chi connectivity index (χ1v) is 7.64. The lowest BCUT2D eigenvalue weighted by Crippen LogP contribution is -2.14. The van der Waals surface area contributed by atoms with E-state index in [0.29, 0.717) is 4.88 Å². The maximum Gasteiger partial charge on any atom is 0.265 e. The number of nitrogens with one attached hydrogen (secondary N) is 1. The summed E-state index contributed by atoms with van der Waals surface area (Å²) in [6.45, 7) is 1.75. The Bertz CT molecular complexity index is 625. The number of nitrogens with zero attached hydrogens (tertiary/aromatic N) is 2. The Balaban J connectivity index is 2.35. The summed E-state index contributed by atoms with van der Waals surface area (Å²) < 4.78 is 27.2. The Morgan fingerprint density at radius 1 is 1.35 bits per heavy atom. The number of thiophene rings is 1. The lowest BCUT2D eigenvalue weighted by Gasteiger charge is -2.04. The Morgan fingerprint density at radius 2 is 2.00 bits per heavy atom. The van der Waals surface area contributed by atoms with E-state index in [1.165, 1.54) is 23.7 Å². The van der Waals surface area contributed by atoms with E-state index in [1.807, 2.05) is 0 Å². The van der Waals surface area contributed by atoms with E-state index < -0.39 is 10.0 Å². The van der Waals surface area contributed by atoms with Crippen LogP contribution >= 0.6 is 27.3 Å². The van der Waals surface area contributed by atoms with Gasteiger partial charge >= 0.3 is 0 Å². The van der Waals surface area contributed by atoms with Crippen LogP contribution in [0, 0.1) is 6.92 Å². The molecule has 0 bridgehead atoms. The van der Waals surface area contributed by atoms with Crippen LogP contribution in [-0.4, -0.2) is 18.4 Å². The highest BCUT2D eigenvalue weighted by atomic mass is 79.9. The first-order chi connectivity index (χ1) is 7.99. The number of sulfonamides is 1. The van der Waals surface area contributed by atoms with Crippen molar-refractivity contribution in [2.75, 3.05) is 4.72 Å². The summed E-state index contributed by atoms with van der Waals surface area (Å²) in [5, 5.41) is 0. The van der Waals surface area contributed by atoms with Crippen molar-refractivity contribution in [1.82, 2.24) is 9.97 Å². The van der Waals surface area contributed by atoms with E-state index in [0.717, 1.165) is 3.79 Å². The second-order valence-electron chi connectivity index (χ2n) is 3.15. The summed E-state index contributed by atoms with van der Waals surface area (Å²) in [5.41, 5.74) is 0. The van der Waals surface area contributed by atoms with Gasteiger partial charge < -0.3 is 0 Å². The zero-order valence-corrected chi connectivity index (χ0v) is 11.9. The highest BCUT2D eigenvalue weighted by Crippen LogP contribution is 2.30. The van der Waals surface area contributed by atoms with Gasteiger partial charge in [0.05, 0.1) is 3.79 Å². The molecule has 2 aromatic rings. The lowest BCUT2D eigenvalue weighted by atomic mass is 10.5. The third-order valence-electron chi connectivity index (χ3n) is 1.92. The molecule has 5 nitrogen and oxygen atoms in total. The van der Waals surface area contributed by atoms with Crippen LogP contribution in [0.2, 0.25) is 0 Å². The Hall–Kier alpha value is -0.990. The van der Waals surface area contributed by atoms with E-state index >= 15 is 0 Å². The van der Waals surface area contributed by atoms with Gasteiger partial charge in [-0.2, -0.15) is 0 Å². The van der Waals surface area contributed by atoms with Crippen molar-refractivity contribution in [2.45, 2.75) is 11.8 Å². The number of rotatable bonds is 3. The molecule has 0 spiro atoms. The molecule has 0 aromatic carbocycles. The molecule has 0 fully saturated rings. The molecule has 2 rings (SSSR count). The van der Waals surface area contributed by atoms with Crippen molar-refractivity contribution in [1.29, 1.82) is 0 Å². The van der Waals surface area contributed by atoms with Crippen LogP contribution in [0.3, 0.4) is 0 Å². The van der Waals surface area contributed by atoms with Crippen LogP contribution in [0.15, 0.2) is 33.2 Å². The summed E-state index contributed by atoms with van der Waals surface area (Å²) >= 11 is 4.62. The fourth-order valence-corrected chi connectivity index (χ4v) is 4.60. The van der Waals surface area contributed by atoms with Gasteiger partial charge in [0.25, 0.3) is 10.0 Å².